The van der Waals surface area contributed by atoms with Gasteiger partial charge in [0, 0.05) is 18.2 Å². The van der Waals surface area contributed by atoms with Crippen LogP contribution in [0, 0.1) is 0 Å². The molecule has 1 atom stereocenters. The number of unbranched alkanes of at least 4 members (excludes halogenated alkanes) is 1. The summed E-state index contributed by atoms with van der Waals surface area (Å²) in [5, 5.41) is 6.04. The molecule has 0 bridgehead atoms. The molecule has 1 aliphatic rings. The molecule has 0 saturated carbocycles. The van der Waals surface area contributed by atoms with Gasteiger partial charge in [0.1, 0.15) is 0 Å². The summed E-state index contributed by atoms with van der Waals surface area (Å²) >= 11 is 1.78. The van der Waals surface area contributed by atoms with E-state index in [0.29, 0.717) is 0 Å². The lowest BCUT2D eigenvalue weighted by molar-refractivity contribution is -0.122. The van der Waals surface area contributed by atoms with E-state index in [1.54, 1.807) is 11.8 Å². The van der Waals surface area contributed by atoms with E-state index in [9.17, 15) is 4.79 Å². The standard InChI is InChI=1S/C8H16N2OS/c1-2-3-4-9-8(11)7-5-12-6-10-7/h7,10H,2-6H2,1H3,(H,9,11)/t7-/m1/s1. The van der Waals surface area contributed by atoms with Crippen molar-refractivity contribution in [2.24, 2.45) is 0 Å². The molecular weight excluding hydrogens is 172 g/mol. The highest BCUT2D eigenvalue weighted by atomic mass is 32.2. The predicted molar refractivity (Wildman–Crippen MR) is 52.2 cm³/mol. The molecule has 1 fully saturated rings. The molecular formula is C8H16N2OS. The highest BCUT2D eigenvalue weighted by Gasteiger charge is 2.21. The van der Waals surface area contributed by atoms with Crippen LogP contribution in [0.2, 0.25) is 0 Å². The van der Waals surface area contributed by atoms with E-state index in [1.165, 1.54) is 0 Å². The van der Waals surface area contributed by atoms with Gasteiger partial charge >= 0.3 is 0 Å². The number of carbonyl (C=O) groups is 1. The summed E-state index contributed by atoms with van der Waals surface area (Å²) in [6.45, 7) is 2.94. The zero-order valence-electron chi connectivity index (χ0n) is 7.43. The van der Waals surface area contributed by atoms with E-state index >= 15 is 0 Å². The van der Waals surface area contributed by atoms with Crippen molar-refractivity contribution in [3.8, 4) is 0 Å². The first-order chi connectivity index (χ1) is 5.84. The third kappa shape index (κ3) is 3.03. The molecule has 4 heteroatoms. The average molecular weight is 188 g/mol. The van der Waals surface area contributed by atoms with E-state index in [-0.39, 0.29) is 11.9 Å². The van der Waals surface area contributed by atoms with Crippen molar-refractivity contribution in [1.82, 2.24) is 10.6 Å². The van der Waals surface area contributed by atoms with Crippen molar-refractivity contribution in [3.05, 3.63) is 0 Å². The number of thioether (sulfide) groups is 1. The molecule has 0 aliphatic carbocycles. The van der Waals surface area contributed by atoms with Gasteiger partial charge in [-0.25, -0.2) is 0 Å². The van der Waals surface area contributed by atoms with E-state index in [4.69, 9.17) is 0 Å². The molecule has 0 aromatic carbocycles. The molecule has 12 heavy (non-hydrogen) atoms. The third-order valence-electron chi connectivity index (χ3n) is 1.86. The zero-order chi connectivity index (χ0) is 8.81. The number of hydrogen-bond acceptors (Lipinski definition) is 3. The Morgan fingerprint density at radius 3 is 3.17 bits per heavy atom. The lowest BCUT2D eigenvalue weighted by Crippen LogP contribution is -2.42. The van der Waals surface area contributed by atoms with Gasteiger partial charge in [0.25, 0.3) is 0 Å². The fraction of sp³-hybridized carbons (Fsp3) is 0.875. The van der Waals surface area contributed by atoms with Gasteiger partial charge in [-0.3, -0.25) is 10.1 Å². The van der Waals surface area contributed by atoms with E-state index in [1.807, 2.05) is 0 Å². The number of carbonyl (C=O) groups excluding carboxylic acids is 1. The zero-order valence-corrected chi connectivity index (χ0v) is 8.25. The van der Waals surface area contributed by atoms with Crippen LogP contribution >= 0.6 is 11.8 Å². The topological polar surface area (TPSA) is 41.1 Å². The minimum atomic E-state index is 0.0480. The van der Waals surface area contributed by atoms with Gasteiger partial charge in [-0.2, -0.15) is 0 Å². The second kappa shape index (κ2) is 5.43. The normalized spacial score (nSPS) is 22.6. The molecule has 0 aromatic rings. The smallest absolute Gasteiger partial charge is 0.238 e. The van der Waals surface area contributed by atoms with E-state index in [2.05, 4.69) is 17.6 Å². The second-order valence-corrected chi connectivity index (χ2v) is 3.95. The molecule has 1 saturated heterocycles. The fourth-order valence-corrected chi connectivity index (χ4v) is 2.02. The van der Waals surface area contributed by atoms with Crippen LogP contribution in [-0.4, -0.2) is 30.1 Å². The monoisotopic (exact) mass is 188 g/mol. The van der Waals surface area contributed by atoms with Crippen LogP contribution < -0.4 is 10.6 Å². The van der Waals surface area contributed by atoms with Gasteiger partial charge in [-0.05, 0) is 6.42 Å². The maximum atomic E-state index is 11.3. The number of hydrogen-bond donors (Lipinski definition) is 2. The highest BCUT2D eigenvalue weighted by Crippen LogP contribution is 2.08. The maximum absolute atomic E-state index is 11.3. The van der Waals surface area contributed by atoms with E-state index < -0.39 is 0 Å². The molecule has 0 unspecified atom stereocenters. The number of nitrogens with one attached hydrogen (secondary N) is 2. The Hall–Kier alpha value is -0.220. The predicted octanol–water partition coefficient (Wildman–Crippen LogP) is 0.565. The molecule has 0 radical (unpaired) electrons. The summed E-state index contributed by atoms with van der Waals surface area (Å²) in [7, 11) is 0. The van der Waals surface area contributed by atoms with Crippen LogP contribution in [-0.2, 0) is 4.79 Å². The largest absolute Gasteiger partial charge is 0.355 e. The van der Waals surface area contributed by atoms with E-state index in [0.717, 1.165) is 31.0 Å². The summed E-state index contributed by atoms with van der Waals surface area (Å²) in [4.78, 5) is 11.3. The lowest BCUT2D eigenvalue weighted by Gasteiger charge is -2.09. The number of amides is 1. The highest BCUT2D eigenvalue weighted by molar-refractivity contribution is 7.99. The average Bonchev–Trinajstić information content (AvgIpc) is 2.56. The first-order valence-electron chi connectivity index (χ1n) is 4.43. The van der Waals surface area contributed by atoms with Crippen LogP contribution in [0.3, 0.4) is 0 Å². The minimum absolute atomic E-state index is 0.0480. The van der Waals surface area contributed by atoms with Crippen molar-refractivity contribution in [1.29, 1.82) is 0 Å². The minimum Gasteiger partial charge on any atom is -0.355 e. The second-order valence-electron chi connectivity index (χ2n) is 2.92. The van der Waals surface area contributed by atoms with Gasteiger partial charge in [0.05, 0.1) is 6.04 Å². The number of rotatable bonds is 4. The lowest BCUT2D eigenvalue weighted by atomic mass is 10.3. The van der Waals surface area contributed by atoms with Gasteiger partial charge in [-0.15, -0.1) is 11.8 Å². The van der Waals surface area contributed by atoms with Crippen molar-refractivity contribution < 1.29 is 4.79 Å². The summed E-state index contributed by atoms with van der Waals surface area (Å²) in [5.41, 5.74) is 0. The Morgan fingerprint density at radius 2 is 2.58 bits per heavy atom. The molecule has 1 heterocycles. The van der Waals surface area contributed by atoms with Gasteiger partial charge in [-0.1, -0.05) is 13.3 Å². The van der Waals surface area contributed by atoms with Crippen LogP contribution in [0.4, 0.5) is 0 Å². The molecule has 3 nitrogen and oxygen atoms in total. The molecule has 2 N–H and O–H groups in total. The van der Waals surface area contributed by atoms with Crippen molar-refractivity contribution in [2.75, 3.05) is 18.2 Å². The summed E-state index contributed by atoms with van der Waals surface area (Å²) in [5.74, 6) is 1.98. The van der Waals surface area contributed by atoms with Crippen molar-refractivity contribution in [2.45, 2.75) is 25.8 Å². The molecule has 1 amide bonds. The van der Waals surface area contributed by atoms with Gasteiger partial charge in [0.2, 0.25) is 5.91 Å². The fourth-order valence-electron chi connectivity index (χ4n) is 1.08. The van der Waals surface area contributed by atoms with Crippen LogP contribution in [0.1, 0.15) is 19.8 Å². The molecule has 1 aliphatic heterocycles. The van der Waals surface area contributed by atoms with Crippen LogP contribution in [0.15, 0.2) is 0 Å². The van der Waals surface area contributed by atoms with Crippen LogP contribution in [0.5, 0.6) is 0 Å². The Morgan fingerprint density at radius 1 is 1.75 bits per heavy atom. The first-order valence-corrected chi connectivity index (χ1v) is 5.59. The molecule has 0 aromatic heterocycles. The maximum Gasteiger partial charge on any atom is 0.238 e. The molecule has 0 spiro atoms. The Balaban J connectivity index is 2.10. The summed E-state index contributed by atoms with van der Waals surface area (Å²) in [6, 6.07) is 0.0480. The quantitative estimate of drug-likeness (QED) is 0.634. The first kappa shape index (κ1) is 9.86. The molecule has 1 rings (SSSR count). The van der Waals surface area contributed by atoms with Gasteiger partial charge < -0.3 is 5.32 Å². The Bertz CT molecular complexity index is 146. The Labute approximate surface area is 77.7 Å². The SMILES string of the molecule is CCCCNC(=O)[C@H]1CSCN1. The van der Waals surface area contributed by atoms with Crippen molar-refractivity contribution in [3.63, 3.8) is 0 Å². The summed E-state index contributed by atoms with van der Waals surface area (Å²) < 4.78 is 0. The van der Waals surface area contributed by atoms with Crippen molar-refractivity contribution >= 4 is 17.7 Å². The van der Waals surface area contributed by atoms with Gasteiger partial charge in [0.15, 0.2) is 0 Å². The van der Waals surface area contributed by atoms with Crippen LogP contribution in [0.25, 0.3) is 0 Å². The Kier molecular flexibility index (Phi) is 4.46. The summed E-state index contributed by atoms with van der Waals surface area (Å²) in [6.07, 6.45) is 2.21. The molecule has 70 valence electrons. The third-order valence-corrected chi connectivity index (χ3v) is 2.80.